The van der Waals surface area contributed by atoms with Crippen LogP contribution < -0.4 is 5.73 Å². The fraction of sp³-hybridized carbons (Fsp3) is 0.583. The van der Waals surface area contributed by atoms with Crippen LogP contribution in [0.25, 0.3) is 0 Å². The van der Waals surface area contributed by atoms with E-state index in [0.29, 0.717) is 17.8 Å². The lowest BCUT2D eigenvalue weighted by atomic mass is 10.3. The van der Waals surface area contributed by atoms with Crippen molar-refractivity contribution in [3.05, 3.63) is 11.4 Å². The highest BCUT2D eigenvalue weighted by atomic mass is 32.2. The van der Waals surface area contributed by atoms with Gasteiger partial charge in [0.2, 0.25) is 5.16 Å². The highest BCUT2D eigenvalue weighted by molar-refractivity contribution is 7.99. The Morgan fingerprint density at radius 2 is 2.00 bits per heavy atom. The summed E-state index contributed by atoms with van der Waals surface area (Å²) in [6.45, 7) is 1.94. The van der Waals surface area contributed by atoms with Gasteiger partial charge in [0, 0.05) is 11.5 Å². The van der Waals surface area contributed by atoms with Crippen molar-refractivity contribution in [2.24, 2.45) is 0 Å². The lowest BCUT2D eigenvalue weighted by Crippen LogP contribution is -2.05. The topological polar surface area (TPSA) is 95.4 Å². The summed E-state index contributed by atoms with van der Waals surface area (Å²) < 4.78 is 1.89. The Bertz CT molecular complexity index is 660. The van der Waals surface area contributed by atoms with E-state index in [1.807, 2.05) is 11.6 Å². The van der Waals surface area contributed by atoms with Gasteiger partial charge < -0.3 is 5.73 Å². The molecule has 2 aromatic rings. The van der Waals surface area contributed by atoms with E-state index >= 15 is 0 Å². The maximum atomic E-state index is 6.00. The quantitative estimate of drug-likeness (QED) is 0.856. The van der Waals surface area contributed by atoms with Crippen LogP contribution in [-0.2, 0) is 0 Å². The van der Waals surface area contributed by atoms with Gasteiger partial charge in [-0.05, 0) is 54.8 Å². The molecule has 0 unspecified atom stereocenters. The Hall–Kier alpha value is -1.70. The number of rotatable bonds is 4. The third-order valence-electron chi connectivity index (χ3n) is 3.64. The fourth-order valence-electron chi connectivity index (χ4n) is 2.04. The van der Waals surface area contributed by atoms with Gasteiger partial charge in [-0.15, -0.1) is 5.10 Å². The molecule has 0 atom stereocenters. The van der Waals surface area contributed by atoms with E-state index in [1.165, 1.54) is 11.8 Å². The van der Waals surface area contributed by atoms with E-state index in [1.54, 1.807) is 0 Å². The lowest BCUT2D eigenvalue weighted by Gasteiger charge is -2.08. The number of tetrazole rings is 1. The van der Waals surface area contributed by atoms with Crippen molar-refractivity contribution in [1.82, 2.24) is 30.2 Å². The van der Waals surface area contributed by atoms with Gasteiger partial charge in [-0.25, -0.2) is 14.6 Å². The van der Waals surface area contributed by atoms with E-state index in [-0.39, 0.29) is 0 Å². The van der Waals surface area contributed by atoms with E-state index in [2.05, 4.69) is 25.5 Å². The van der Waals surface area contributed by atoms with Gasteiger partial charge in [0.25, 0.3) is 0 Å². The molecule has 2 aliphatic carbocycles. The first kappa shape index (κ1) is 12.1. The van der Waals surface area contributed by atoms with Crippen molar-refractivity contribution >= 4 is 17.6 Å². The number of hydrogen-bond donors (Lipinski definition) is 1. The number of aromatic nitrogens is 6. The number of nitrogens with two attached hydrogens (primary N) is 1. The minimum Gasteiger partial charge on any atom is -0.383 e. The van der Waals surface area contributed by atoms with Crippen molar-refractivity contribution in [1.29, 1.82) is 0 Å². The minimum atomic E-state index is 0.454. The summed E-state index contributed by atoms with van der Waals surface area (Å²) in [5.74, 6) is 1.91. The highest BCUT2D eigenvalue weighted by Crippen LogP contribution is 2.41. The Morgan fingerprint density at radius 3 is 2.70 bits per heavy atom. The largest absolute Gasteiger partial charge is 0.383 e. The molecular formula is C12H15N7S. The molecule has 2 fully saturated rings. The fourth-order valence-corrected chi connectivity index (χ4v) is 2.97. The highest BCUT2D eigenvalue weighted by Gasteiger charge is 2.30. The zero-order valence-corrected chi connectivity index (χ0v) is 12.0. The maximum absolute atomic E-state index is 6.00. The van der Waals surface area contributed by atoms with Crippen LogP contribution in [0.3, 0.4) is 0 Å². The summed E-state index contributed by atoms with van der Waals surface area (Å²) in [6, 6.07) is 0.454. The van der Waals surface area contributed by atoms with Crippen molar-refractivity contribution in [2.75, 3.05) is 5.73 Å². The SMILES string of the molecule is Cc1c(N)nc(C2CC2)nc1Sc1nnnn1C1CC1. The molecule has 2 saturated carbocycles. The summed E-state index contributed by atoms with van der Waals surface area (Å²) in [6.07, 6.45) is 4.62. The van der Waals surface area contributed by atoms with Gasteiger partial charge in [0.1, 0.15) is 16.7 Å². The van der Waals surface area contributed by atoms with Crippen molar-refractivity contribution < 1.29 is 0 Å². The molecule has 8 heteroatoms. The maximum Gasteiger partial charge on any atom is 0.215 e. The predicted molar refractivity (Wildman–Crippen MR) is 73.4 cm³/mol. The third kappa shape index (κ3) is 2.13. The molecule has 7 nitrogen and oxygen atoms in total. The summed E-state index contributed by atoms with van der Waals surface area (Å²) in [5.41, 5.74) is 6.91. The molecule has 0 radical (unpaired) electrons. The van der Waals surface area contributed by atoms with Gasteiger partial charge in [0.15, 0.2) is 0 Å². The van der Waals surface area contributed by atoms with E-state index in [4.69, 9.17) is 5.73 Å². The predicted octanol–water partition coefficient (Wildman–Crippen LogP) is 1.72. The van der Waals surface area contributed by atoms with E-state index in [9.17, 15) is 0 Å². The zero-order valence-electron chi connectivity index (χ0n) is 11.2. The van der Waals surface area contributed by atoms with Crippen LogP contribution in [0.15, 0.2) is 10.2 Å². The average Bonchev–Trinajstić information content (AvgIpc) is 3.33. The van der Waals surface area contributed by atoms with Gasteiger partial charge in [-0.1, -0.05) is 0 Å². The second kappa shape index (κ2) is 4.41. The summed E-state index contributed by atoms with van der Waals surface area (Å²) in [7, 11) is 0. The van der Waals surface area contributed by atoms with Crippen molar-refractivity contribution in [3.8, 4) is 0 Å². The molecule has 0 aromatic carbocycles. The minimum absolute atomic E-state index is 0.454. The molecule has 0 spiro atoms. The molecule has 4 rings (SSSR count). The number of hydrogen-bond acceptors (Lipinski definition) is 7. The van der Waals surface area contributed by atoms with E-state index in [0.717, 1.165) is 47.3 Å². The second-order valence-corrected chi connectivity index (χ2v) is 6.37. The molecular weight excluding hydrogens is 274 g/mol. The standard InChI is InChI=1S/C12H15N7S/c1-6-9(13)14-10(7-2-3-7)15-11(6)20-12-16-17-18-19(12)8-4-5-8/h7-8H,2-5H2,1H3,(H2,13,14,15). The van der Waals surface area contributed by atoms with Crippen molar-refractivity contribution in [2.45, 2.75) is 54.7 Å². The molecule has 2 heterocycles. The molecule has 2 N–H and O–H groups in total. The average molecular weight is 289 g/mol. The first-order valence-corrected chi connectivity index (χ1v) is 7.63. The Labute approximate surface area is 120 Å². The summed E-state index contributed by atoms with van der Waals surface area (Å²) in [5, 5.41) is 13.6. The van der Waals surface area contributed by atoms with Crippen LogP contribution in [0.2, 0.25) is 0 Å². The van der Waals surface area contributed by atoms with Gasteiger partial charge in [0.05, 0.1) is 6.04 Å². The lowest BCUT2D eigenvalue weighted by molar-refractivity contribution is 0.565. The van der Waals surface area contributed by atoms with Crippen LogP contribution in [0.1, 0.15) is 49.0 Å². The summed E-state index contributed by atoms with van der Waals surface area (Å²) >= 11 is 1.49. The second-order valence-electron chi connectivity index (χ2n) is 5.41. The Morgan fingerprint density at radius 1 is 1.20 bits per heavy atom. The normalized spacial score (nSPS) is 18.4. The van der Waals surface area contributed by atoms with Gasteiger partial charge in [-0.3, -0.25) is 0 Å². The third-order valence-corrected chi connectivity index (χ3v) is 4.68. The van der Waals surface area contributed by atoms with Crippen LogP contribution >= 0.6 is 11.8 Å². The molecule has 0 saturated heterocycles. The molecule has 0 aliphatic heterocycles. The molecule has 0 bridgehead atoms. The van der Waals surface area contributed by atoms with Crippen LogP contribution in [0, 0.1) is 6.92 Å². The number of anilines is 1. The number of nitrogen functional groups attached to an aromatic ring is 1. The smallest absolute Gasteiger partial charge is 0.215 e. The zero-order chi connectivity index (χ0) is 13.7. The first-order chi connectivity index (χ1) is 9.72. The van der Waals surface area contributed by atoms with Crippen LogP contribution in [-0.4, -0.2) is 30.2 Å². The first-order valence-electron chi connectivity index (χ1n) is 6.82. The number of nitrogens with zero attached hydrogens (tertiary/aromatic N) is 6. The Kier molecular flexibility index (Phi) is 2.66. The van der Waals surface area contributed by atoms with Crippen molar-refractivity contribution in [3.63, 3.8) is 0 Å². The molecule has 0 amide bonds. The monoisotopic (exact) mass is 289 g/mol. The Balaban J connectivity index is 1.68. The summed E-state index contributed by atoms with van der Waals surface area (Å²) in [4.78, 5) is 9.04. The van der Waals surface area contributed by atoms with Crippen LogP contribution in [0.4, 0.5) is 5.82 Å². The van der Waals surface area contributed by atoms with E-state index < -0.39 is 0 Å². The van der Waals surface area contributed by atoms with Crippen LogP contribution in [0.5, 0.6) is 0 Å². The van der Waals surface area contributed by atoms with Gasteiger partial charge in [-0.2, -0.15) is 0 Å². The molecule has 2 aliphatic rings. The van der Waals surface area contributed by atoms with Gasteiger partial charge >= 0.3 is 0 Å². The molecule has 2 aromatic heterocycles. The molecule has 20 heavy (non-hydrogen) atoms. The molecule has 104 valence electrons.